The molecule has 1 fully saturated rings. The second-order valence-corrected chi connectivity index (χ2v) is 8.88. The van der Waals surface area contributed by atoms with Crippen molar-refractivity contribution >= 4 is 40.2 Å². The van der Waals surface area contributed by atoms with Crippen molar-refractivity contribution in [2.24, 2.45) is 0 Å². The molecule has 1 aliphatic rings. The number of amides is 1. The monoisotopic (exact) mass is 498 g/mol. The highest BCUT2D eigenvalue weighted by Gasteiger charge is 2.47. The Morgan fingerprint density at radius 3 is 2.17 bits per heavy atom. The number of para-hydroxylation sites is 1. The smallest absolute Gasteiger partial charge is 0.300 e. The van der Waals surface area contributed by atoms with E-state index in [-0.39, 0.29) is 16.8 Å². The van der Waals surface area contributed by atoms with Gasteiger partial charge in [0.2, 0.25) is 0 Å². The number of anilines is 1. The number of ether oxygens (including phenoxy) is 1. The Morgan fingerprint density at radius 2 is 1.56 bits per heavy atom. The molecule has 1 amide bonds. The van der Waals surface area contributed by atoms with Gasteiger partial charge in [-0.3, -0.25) is 24.6 Å². The molecule has 0 radical (unpaired) electrons. The third-order valence-electron chi connectivity index (χ3n) is 5.70. The van der Waals surface area contributed by atoms with Crippen LogP contribution >= 0.6 is 11.3 Å². The Balaban J connectivity index is 1.54. The number of ketones is 1. The highest BCUT2D eigenvalue weighted by molar-refractivity contribution is 7.10. The lowest BCUT2D eigenvalue weighted by Crippen LogP contribution is -2.29. The molecule has 1 aromatic heterocycles. The minimum Gasteiger partial charge on any atom is -0.507 e. The maximum Gasteiger partial charge on any atom is 0.300 e. The van der Waals surface area contributed by atoms with Gasteiger partial charge in [-0.1, -0.05) is 24.3 Å². The van der Waals surface area contributed by atoms with E-state index in [0.29, 0.717) is 22.1 Å². The molecule has 0 spiro atoms. The van der Waals surface area contributed by atoms with Gasteiger partial charge in [-0.2, -0.15) is 0 Å². The summed E-state index contributed by atoms with van der Waals surface area (Å²) in [6, 6.07) is 23.9. The summed E-state index contributed by atoms with van der Waals surface area (Å²) < 4.78 is 5.82. The lowest BCUT2D eigenvalue weighted by atomic mass is 9.99. The molecule has 8 nitrogen and oxygen atoms in total. The Hall–Kier alpha value is -4.76. The van der Waals surface area contributed by atoms with E-state index in [1.807, 2.05) is 35.7 Å². The second-order valence-electron chi connectivity index (χ2n) is 7.90. The quantitative estimate of drug-likeness (QED) is 0.114. The summed E-state index contributed by atoms with van der Waals surface area (Å²) in [6.07, 6.45) is 0. The van der Waals surface area contributed by atoms with Crippen molar-refractivity contribution < 1.29 is 24.4 Å². The van der Waals surface area contributed by atoms with Crippen LogP contribution in [0.25, 0.3) is 5.76 Å². The molecule has 178 valence electrons. The molecule has 1 N–H and O–H groups in total. The van der Waals surface area contributed by atoms with Gasteiger partial charge in [-0.25, -0.2) is 0 Å². The van der Waals surface area contributed by atoms with E-state index in [2.05, 4.69) is 0 Å². The third-order valence-corrected chi connectivity index (χ3v) is 6.63. The summed E-state index contributed by atoms with van der Waals surface area (Å²) in [5, 5.41) is 23.9. The fourth-order valence-electron chi connectivity index (χ4n) is 4.01. The van der Waals surface area contributed by atoms with Gasteiger partial charge >= 0.3 is 0 Å². The number of non-ortho nitro benzene ring substituents is 1. The molecule has 4 aromatic rings. The van der Waals surface area contributed by atoms with Crippen LogP contribution in [0.1, 0.15) is 16.5 Å². The minimum absolute atomic E-state index is 0.0825. The first kappa shape index (κ1) is 23.0. The zero-order valence-corrected chi connectivity index (χ0v) is 19.4. The number of nitro benzene ring substituents is 1. The largest absolute Gasteiger partial charge is 0.507 e. The summed E-state index contributed by atoms with van der Waals surface area (Å²) in [5.41, 5.74) is 0.422. The lowest BCUT2D eigenvalue weighted by Gasteiger charge is -2.24. The SMILES string of the molecule is O=C1C(=O)N(c2ccc(Oc3ccccc3)cc2)C(c2cccs2)/C1=C(/O)c1ccc([N+](=O)[O-])cc1. The molecule has 2 heterocycles. The normalized spacial score (nSPS) is 16.8. The number of carbonyl (C=O) groups excluding carboxylic acids is 2. The van der Waals surface area contributed by atoms with Crippen LogP contribution in [-0.2, 0) is 9.59 Å². The molecule has 5 rings (SSSR count). The van der Waals surface area contributed by atoms with Gasteiger partial charge in [0, 0.05) is 28.3 Å². The summed E-state index contributed by atoms with van der Waals surface area (Å²) in [5.74, 6) is -0.803. The van der Waals surface area contributed by atoms with E-state index in [9.17, 15) is 24.8 Å². The van der Waals surface area contributed by atoms with Crippen molar-refractivity contribution in [3.8, 4) is 11.5 Å². The highest BCUT2D eigenvalue weighted by atomic mass is 32.1. The molecule has 1 saturated heterocycles. The van der Waals surface area contributed by atoms with E-state index in [1.54, 1.807) is 36.4 Å². The van der Waals surface area contributed by atoms with Gasteiger partial charge in [0.15, 0.2) is 0 Å². The molecule has 0 bridgehead atoms. The number of aliphatic hydroxyl groups is 1. The number of nitro groups is 1. The lowest BCUT2D eigenvalue weighted by molar-refractivity contribution is -0.384. The molecular weight excluding hydrogens is 480 g/mol. The van der Waals surface area contributed by atoms with Crippen LogP contribution in [0, 0.1) is 10.1 Å². The van der Waals surface area contributed by atoms with Crippen molar-refractivity contribution in [3.05, 3.63) is 123 Å². The number of nitrogens with zero attached hydrogens (tertiary/aromatic N) is 2. The fourth-order valence-corrected chi connectivity index (χ4v) is 4.83. The summed E-state index contributed by atoms with van der Waals surface area (Å²) in [7, 11) is 0. The third kappa shape index (κ3) is 4.23. The van der Waals surface area contributed by atoms with Gasteiger partial charge < -0.3 is 9.84 Å². The van der Waals surface area contributed by atoms with Crippen molar-refractivity contribution in [1.29, 1.82) is 0 Å². The fraction of sp³-hybridized carbons (Fsp3) is 0.0370. The van der Waals surface area contributed by atoms with Gasteiger partial charge in [-0.05, 0) is 60.0 Å². The molecule has 1 aliphatic heterocycles. The zero-order chi connectivity index (χ0) is 25.2. The summed E-state index contributed by atoms with van der Waals surface area (Å²) in [4.78, 5) is 38.8. The molecular formula is C27H18N2O6S. The summed E-state index contributed by atoms with van der Waals surface area (Å²) >= 11 is 1.34. The molecule has 3 aromatic carbocycles. The molecule has 1 atom stereocenters. The maximum absolute atomic E-state index is 13.2. The summed E-state index contributed by atoms with van der Waals surface area (Å²) in [6.45, 7) is 0. The molecule has 0 aliphatic carbocycles. The average molecular weight is 499 g/mol. The number of aliphatic hydroxyl groups excluding tert-OH is 1. The van der Waals surface area contributed by atoms with Crippen LogP contribution in [0.5, 0.6) is 11.5 Å². The highest BCUT2D eigenvalue weighted by Crippen LogP contribution is 2.44. The van der Waals surface area contributed by atoms with Crippen molar-refractivity contribution in [1.82, 2.24) is 0 Å². The number of Topliss-reactive ketones (excluding diaryl/α,β-unsaturated/α-hetero) is 1. The average Bonchev–Trinajstić information content (AvgIpc) is 3.52. The molecule has 1 unspecified atom stereocenters. The molecule has 9 heteroatoms. The number of hydrogen-bond acceptors (Lipinski definition) is 7. The number of hydrogen-bond donors (Lipinski definition) is 1. The van der Waals surface area contributed by atoms with Crippen LogP contribution in [0.4, 0.5) is 11.4 Å². The van der Waals surface area contributed by atoms with E-state index in [4.69, 9.17) is 4.74 Å². The van der Waals surface area contributed by atoms with Crippen LogP contribution in [0.3, 0.4) is 0 Å². The Kier molecular flexibility index (Phi) is 6.05. The van der Waals surface area contributed by atoms with E-state index in [0.717, 1.165) is 0 Å². The Bertz CT molecular complexity index is 1460. The molecule has 0 saturated carbocycles. The van der Waals surface area contributed by atoms with Gasteiger partial charge in [0.1, 0.15) is 23.3 Å². The second kappa shape index (κ2) is 9.47. The predicted octanol–water partition coefficient (Wildman–Crippen LogP) is 6.07. The number of benzene rings is 3. The maximum atomic E-state index is 13.2. The van der Waals surface area contributed by atoms with Crippen LogP contribution in [0.2, 0.25) is 0 Å². The molecule has 36 heavy (non-hydrogen) atoms. The van der Waals surface area contributed by atoms with Gasteiger partial charge in [0.05, 0.1) is 10.5 Å². The standard InChI is InChI=1S/C27H18N2O6S/c30-25(17-8-10-19(11-9-17)29(33)34)23-24(22-7-4-16-36-22)28(27(32)26(23)31)18-12-14-21(15-13-18)35-20-5-2-1-3-6-20/h1-16,24,30H/b25-23-. The van der Waals surface area contributed by atoms with Crippen molar-refractivity contribution in [2.45, 2.75) is 6.04 Å². The first-order valence-corrected chi connectivity index (χ1v) is 11.7. The predicted molar refractivity (Wildman–Crippen MR) is 135 cm³/mol. The van der Waals surface area contributed by atoms with Crippen molar-refractivity contribution in [2.75, 3.05) is 4.90 Å². The topological polar surface area (TPSA) is 110 Å². The Labute approximate surface area is 209 Å². The van der Waals surface area contributed by atoms with Crippen molar-refractivity contribution in [3.63, 3.8) is 0 Å². The number of thiophene rings is 1. The van der Waals surface area contributed by atoms with E-state index < -0.39 is 28.4 Å². The number of carbonyl (C=O) groups is 2. The first-order valence-electron chi connectivity index (χ1n) is 10.9. The minimum atomic E-state index is -0.860. The first-order chi connectivity index (χ1) is 17.4. The number of rotatable bonds is 6. The van der Waals surface area contributed by atoms with Crippen LogP contribution in [-0.4, -0.2) is 21.7 Å². The van der Waals surface area contributed by atoms with E-state index >= 15 is 0 Å². The van der Waals surface area contributed by atoms with Crippen LogP contribution in [0.15, 0.2) is 102 Å². The Morgan fingerprint density at radius 1 is 0.889 bits per heavy atom. The zero-order valence-electron chi connectivity index (χ0n) is 18.6. The van der Waals surface area contributed by atoms with E-state index in [1.165, 1.54) is 40.5 Å². The van der Waals surface area contributed by atoms with Gasteiger partial charge in [-0.15, -0.1) is 11.3 Å². The van der Waals surface area contributed by atoms with Crippen LogP contribution < -0.4 is 9.64 Å². The van der Waals surface area contributed by atoms with Gasteiger partial charge in [0.25, 0.3) is 17.4 Å².